The molecule has 106 valence electrons. The van der Waals surface area contributed by atoms with Gasteiger partial charge >= 0.3 is 0 Å². The Hall–Kier alpha value is -0.690. The van der Waals surface area contributed by atoms with Gasteiger partial charge in [-0.2, -0.15) is 5.26 Å². The summed E-state index contributed by atoms with van der Waals surface area (Å²) < 4.78 is 0. The highest BCUT2D eigenvalue weighted by molar-refractivity contribution is 8.00. The lowest BCUT2D eigenvalue weighted by Gasteiger charge is -2.36. The summed E-state index contributed by atoms with van der Waals surface area (Å²) in [6.07, 6.45) is 10.6. The number of likely N-dealkylation sites (tertiary alicyclic amines) is 1. The first kappa shape index (κ1) is 14.7. The molecule has 1 amide bonds. The van der Waals surface area contributed by atoms with Gasteiger partial charge in [0.2, 0.25) is 5.91 Å². The van der Waals surface area contributed by atoms with Crippen LogP contribution in [0.3, 0.4) is 0 Å². The Bertz CT molecular complexity index is 345. The highest BCUT2D eigenvalue weighted by atomic mass is 32.2. The number of nitriles is 1. The van der Waals surface area contributed by atoms with Gasteiger partial charge in [-0.25, -0.2) is 0 Å². The zero-order valence-electron chi connectivity index (χ0n) is 11.7. The summed E-state index contributed by atoms with van der Waals surface area (Å²) in [4.78, 5) is 14.1. The third-order valence-electron chi connectivity index (χ3n) is 4.71. The van der Waals surface area contributed by atoms with E-state index in [1.54, 1.807) is 0 Å². The molecule has 0 aromatic carbocycles. The normalized spacial score (nSPS) is 22.8. The zero-order chi connectivity index (χ0) is 13.6. The third kappa shape index (κ3) is 4.14. The molecule has 19 heavy (non-hydrogen) atoms. The van der Waals surface area contributed by atoms with Crippen LogP contribution in [0.15, 0.2) is 0 Å². The number of carbonyl (C=O) groups excluding carboxylic acids is 1. The van der Waals surface area contributed by atoms with E-state index in [0.29, 0.717) is 16.9 Å². The van der Waals surface area contributed by atoms with Crippen LogP contribution in [-0.4, -0.2) is 35.4 Å². The predicted octanol–water partition coefficient (Wildman–Crippen LogP) is 3.21. The second kappa shape index (κ2) is 7.19. The minimum Gasteiger partial charge on any atom is -0.342 e. The van der Waals surface area contributed by atoms with Gasteiger partial charge in [0.15, 0.2) is 0 Å². The lowest BCUT2D eigenvalue weighted by molar-refractivity contribution is -0.128. The first-order valence-corrected chi connectivity index (χ1v) is 8.64. The monoisotopic (exact) mass is 280 g/mol. The molecular weight excluding hydrogens is 256 g/mol. The van der Waals surface area contributed by atoms with E-state index in [2.05, 4.69) is 6.07 Å². The molecule has 1 aliphatic heterocycles. The van der Waals surface area contributed by atoms with Gasteiger partial charge in [-0.05, 0) is 37.5 Å². The van der Waals surface area contributed by atoms with Gasteiger partial charge in [0.25, 0.3) is 0 Å². The average molecular weight is 280 g/mol. The molecule has 1 saturated heterocycles. The van der Waals surface area contributed by atoms with Crippen LogP contribution < -0.4 is 0 Å². The molecule has 0 bridgehead atoms. The molecule has 1 aliphatic carbocycles. The number of nitrogens with zero attached hydrogens (tertiary/aromatic N) is 2. The van der Waals surface area contributed by atoms with Crippen molar-refractivity contribution in [2.24, 2.45) is 5.41 Å². The highest BCUT2D eigenvalue weighted by Crippen LogP contribution is 2.44. The fourth-order valence-corrected chi connectivity index (χ4v) is 4.13. The maximum absolute atomic E-state index is 12.1. The van der Waals surface area contributed by atoms with Crippen LogP contribution in [0.2, 0.25) is 0 Å². The van der Waals surface area contributed by atoms with E-state index in [1.165, 1.54) is 56.7 Å². The molecule has 1 spiro atoms. The topological polar surface area (TPSA) is 44.1 Å². The fraction of sp³-hybridized carbons (Fsp3) is 0.867. The van der Waals surface area contributed by atoms with E-state index >= 15 is 0 Å². The minimum absolute atomic E-state index is 0.230. The summed E-state index contributed by atoms with van der Waals surface area (Å²) in [5, 5.41) is 8.50. The second-order valence-corrected chi connectivity index (χ2v) is 6.93. The van der Waals surface area contributed by atoms with Crippen molar-refractivity contribution in [2.75, 3.05) is 24.6 Å². The van der Waals surface area contributed by atoms with E-state index in [0.717, 1.165) is 19.5 Å². The summed E-state index contributed by atoms with van der Waals surface area (Å²) in [5.74, 6) is 1.12. The SMILES string of the molecule is N#CCSCC(=O)N1CCCC2(CCCCC2)CC1. The summed E-state index contributed by atoms with van der Waals surface area (Å²) in [6, 6.07) is 2.08. The van der Waals surface area contributed by atoms with Crippen molar-refractivity contribution < 1.29 is 4.79 Å². The zero-order valence-corrected chi connectivity index (χ0v) is 12.5. The first-order chi connectivity index (χ1) is 9.26. The summed E-state index contributed by atoms with van der Waals surface area (Å²) in [5.41, 5.74) is 0.549. The Balaban J connectivity index is 1.82. The number of rotatable bonds is 3. The molecular formula is C15H24N2OS. The molecule has 2 rings (SSSR count). The Morgan fingerprint density at radius 2 is 1.84 bits per heavy atom. The molecule has 0 atom stereocenters. The fourth-order valence-electron chi connectivity index (χ4n) is 3.58. The molecule has 0 aromatic heterocycles. The second-order valence-electron chi connectivity index (χ2n) is 5.95. The number of amides is 1. The van der Waals surface area contributed by atoms with Crippen molar-refractivity contribution in [3.8, 4) is 6.07 Å². The first-order valence-electron chi connectivity index (χ1n) is 7.48. The Morgan fingerprint density at radius 1 is 1.11 bits per heavy atom. The molecule has 4 heteroatoms. The van der Waals surface area contributed by atoms with Crippen LogP contribution in [-0.2, 0) is 4.79 Å². The smallest absolute Gasteiger partial charge is 0.232 e. The standard InChI is InChI=1S/C15H24N2OS/c16-9-12-19-13-14(18)17-10-4-7-15(8-11-17)5-2-1-3-6-15/h1-8,10-13H2. The third-order valence-corrected chi connectivity index (χ3v) is 5.49. The van der Waals surface area contributed by atoms with Crippen LogP contribution in [0.4, 0.5) is 0 Å². The van der Waals surface area contributed by atoms with Crippen molar-refractivity contribution in [3.05, 3.63) is 0 Å². The van der Waals surface area contributed by atoms with Gasteiger partial charge in [0, 0.05) is 13.1 Å². The van der Waals surface area contributed by atoms with Crippen molar-refractivity contribution in [3.63, 3.8) is 0 Å². The van der Waals surface area contributed by atoms with Gasteiger partial charge in [-0.1, -0.05) is 19.3 Å². The molecule has 0 N–H and O–H groups in total. The van der Waals surface area contributed by atoms with Crippen LogP contribution in [0, 0.1) is 16.7 Å². The number of hydrogen-bond acceptors (Lipinski definition) is 3. The van der Waals surface area contributed by atoms with E-state index in [-0.39, 0.29) is 5.91 Å². The Morgan fingerprint density at radius 3 is 2.58 bits per heavy atom. The summed E-state index contributed by atoms with van der Waals surface area (Å²) >= 11 is 1.44. The maximum atomic E-state index is 12.1. The Labute approximate surface area is 120 Å². The van der Waals surface area contributed by atoms with Crippen molar-refractivity contribution in [2.45, 2.75) is 51.4 Å². The van der Waals surface area contributed by atoms with Gasteiger partial charge in [-0.15, -0.1) is 11.8 Å². The quantitative estimate of drug-likeness (QED) is 0.746. The average Bonchev–Trinajstić information content (AvgIpc) is 2.63. The van der Waals surface area contributed by atoms with E-state index in [4.69, 9.17) is 5.26 Å². The lowest BCUT2D eigenvalue weighted by atomic mass is 9.69. The Kier molecular flexibility index (Phi) is 5.57. The van der Waals surface area contributed by atoms with Crippen molar-refractivity contribution in [1.29, 1.82) is 5.26 Å². The number of carbonyl (C=O) groups is 1. The molecule has 1 heterocycles. The minimum atomic E-state index is 0.230. The summed E-state index contributed by atoms with van der Waals surface area (Å²) in [7, 11) is 0. The van der Waals surface area contributed by atoms with Gasteiger partial charge < -0.3 is 4.90 Å². The van der Waals surface area contributed by atoms with Crippen molar-refractivity contribution in [1.82, 2.24) is 4.90 Å². The van der Waals surface area contributed by atoms with Crippen LogP contribution in [0.1, 0.15) is 51.4 Å². The van der Waals surface area contributed by atoms with E-state index < -0.39 is 0 Å². The molecule has 2 aliphatic rings. The van der Waals surface area contributed by atoms with E-state index in [9.17, 15) is 4.79 Å². The number of thioether (sulfide) groups is 1. The molecule has 0 radical (unpaired) electrons. The molecule has 3 nitrogen and oxygen atoms in total. The lowest BCUT2D eigenvalue weighted by Crippen LogP contribution is -2.34. The van der Waals surface area contributed by atoms with Gasteiger partial charge in [0.05, 0.1) is 17.6 Å². The molecule has 1 saturated carbocycles. The number of hydrogen-bond donors (Lipinski definition) is 0. The highest BCUT2D eigenvalue weighted by Gasteiger charge is 2.34. The van der Waals surface area contributed by atoms with Gasteiger partial charge in [0.1, 0.15) is 0 Å². The molecule has 0 unspecified atom stereocenters. The largest absolute Gasteiger partial charge is 0.342 e. The molecule has 2 fully saturated rings. The van der Waals surface area contributed by atoms with Crippen molar-refractivity contribution >= 4 is 17.7 Å². The van der Waals surface area contributed by atoms with Gasteiger partial charge in [-0.3, -0.25) is 4.79 Å². The summed E-state index contributed by atoms with van der Waals surface area (Å²) in [6.45, 7) is 1.86. The van der Waals surface area contributed by atoms with Crippen LogP contribution in [0.5, 0.6) is 0 Å². The predicted molar refractivity (Wildman–Crippen MR) is 78.9 cm³/mol. The van der Waals surface area contributed by atoms with Crippen LogP contribution >= 0.6 is 11.8 Å². The van der Waals surface area contributed by atoms with E-state index in [1.807, 2.05) is 4.90 Å². The van der Waals surface area contributed by atoms with Crippen LogP contribution in [0.25, 0.3) is 0 Å². The molecule has 0 aromatic rings. The maximum Gasteiger partial charge on any atom is 0.232 e.